The third kappa shape index (κ3) is 6.48. The van der Waals surface area contributed by atoms with Gasteiger partial charge in [0.05, 0.1) is 47.1 Å². The van der Waals surface area contributed by atoms with Crippen molar-refractivity contribution in [2.45, 2.75) is 63.7 Å². The highest BCUT2D eigenvalue weighted by Crippen LogP contribution is 2.25. The van der Waals surface area contributed by atoms with Crippen molar-refractivity contribution >= 4 is 16.0 Å². The fraction of sp³-hybridized carbons (Fsp3) is 0.429. The van der Waals surface area contributed by atoms with Gasteiger partial charge in [0.1, 0.15) is 6.07 Å². The van der Waals surface area contributed by atoms with Crippen LogP contribution in [-0.4, -0.2) is 71.7 Å². The molecule has 0 spiro atoms. The van der Waals surface area contributed by atoms with Crippen LogP contribution in [0.15, 0.2) is 48.3 Å². The number of hydrogen-bond acceptors (Lipinski definition) is 10. The molecular weight excluding hydrogens is 554 g/mol. The first-order chi connectivity index (χ1) is 19.9. The lowest BCUT2D eigenvalue weighted by atomic mass is 10.1. The summed E-state index contributed by atoms with van der Waals surface area (Å²) >= 11 is 0. The molecule has 14 heteroatoms. The quantitative estimate of drug-likeness (QED) is 0.313. The lowest BCUT2D eigenvalue weighted by molar-refractivity contribution is 0.328. The number of anilines is 1. The van der Waals surface area contributed by atoms with Crippen molar-refractivity contribution in [1.29, 1.82) is 5.26 Å². The van der Waals surface area contributed by atoms with Gasteiger partial charge in [-0.3, -0.25) is 4.98 Å². The third-order valence-corrected chi connectivity index (χ3v) is 8.78. The van der Waals surface area contributed by atoms with Crippen molar-refractivity contribution in [3.63, 3.8) is 0 Å². The van der Waals surface area contributed by atoms with E-state index >= 15 is 0 Å². The average molecular weight is 590 g/mol. The van der Waals surface area contributed by atoms with Crippen LogP contribution in [0, 0.1) is 18.3 Å². The molecule has 0 aromatic carbocycles. The minimum Gasteiger partial charge on any atom is -0.351 e. The van der Waals surface area contributed by atoms with Crippen molar-refractivity contribution in [2.24, 2.45) is 7.05 Å². The summed E-state index contributed by atoms with van der Waals surface area (Å²) in [7, 11) is -1.90. The molecular formula is C28H35N11O2S. The van der Waals surface area contributed by atoms with Crippen LogP contribution in [0.25, 0.3) is 16.9 Å². The second kappa shape index (κ2) is 11.6. The predicted molar refractivity (Wildman–Crippen MR) is 157 cm³/mol. The number of pyridine rings is 1. The summed E-state index contributed by atoms with van der Waals surface area (Å²) in [4.78, 5) is 17.7. The summed E-state index contributed by atoms with van der Waals surface area (Å²) < 4.78 is 30.6. The molecule has 0 saturated carbocycles. The maximum absolute atomic E-state index is 12.9. The second-order valence-corrected chi connectivity index (χ2v) is 13.3. The Balaban J connectivity index is 1.28. The van der Waals surface area contributed by atoms with Gasteiger partial charge >= 0.3 is 0 Å². The highest BCUT2D eigenvalue weighted by atomic mass is 32.2. The van der Waals surface area contributed by atoms with Crippen molar-refractivity contribution in [3.05, 3.63) is 60.2 Å². The van der Waals surface area contributed by atoms with Gasteiger partial charge in [-0.1, -0.05) is 0 Å². The largest absolute Gasteiger partial charge is 0.351 e. The van der Waals surface area contributed by atoms with Gasteiger partial charge in [0.25, 0.3) is 10.0 Å². The van der Waals surface area contributed by atoms with E-state index in [1.807, 2.05) is 25.3 Å². The van der Waals surface area contributed by atoms with E-state index in [0.29, 0.717) is 55.2 Å². The molecule has 0 radical (unpaired) electrons. The zero-order chi connectivity index (χ0) is 30.1. The van der Waals surface area contributed by atoms with Crippen LogP contribution in [0.3, 0.4) is 0 Å². The Hall–Kier alpha value is -4.19. The van der Waals surface area contributed by atoms with E-state index < -0.39 is 10.0 Å². The van der Waals surface area contributed by atoms with Gasteiger partial charge in [0.15, 0.2) is 5.03 Å². The Morgan fingerprint density at radius 1 is 1.10 bits per heavy atom. The van der Waals surface area contributed by atoms with Crippen LogP contribution in [0.1, 0.15) is 50.6 Å². The van der Waals surface area contributed by atoms with Crippen molar-refractivity contribution in [3.8, 4) is 23.0 Å². The van der Waals surface area contributed by atoms with E-state index in [1.54, 1.807) is 22.5 Å². The lowest BCUT2D eigenvalue weighted by Crippen LogP contribution is -2.42. The summed E-state index contributed by atoms with van der Waals surface area (Å²) in [6.07, 6.45) is 9.13. The summed E-state index contributed by atoms with van der Waals surface area (Å²) in [5.41, 5.74) is 4.07. The molecule has 2 N–H and O–H groups in total. The first-order valence-electron chi connectivity index (χ1n) is 13.7. The molecule has 1 saturated heterocycles. The highest BCUT2D eigenvalue weighted by molar-refractivity contribution is 7.89. The van der Waals surface area contributed by atoms with Crippen LogP contribution in [0.5, 0.6) is 0 Å². The molecule has 1 aliphatic heterocycles. The standard InChI is InChI=1S/C28H35N11O2S/c1-19-24(7-6-23(34-19)15-32-28(2,3)4)39-16-21(14-33-39)26-20(12-29)13-30-27(36-26)35-22-8-10-38(11-9-22)42(40,41)25-17-37(5)18-31-25/h6-7,13-14,16-18,22,32H,8-11,15H2,1-5H3,(H,30,35,36). The Morgan fingerprint density at radius 2 is 1.86 bits per heavy atom. The topological polar surface area (TPSA) is 160 Å². The number of nitrogens with one attached hydrogen (secondary N) is 2. The number of sulfonamides is 1. The number of aromatic nitrogens is 7. The first-order valence-corrected chi connectivity index (χ1v) is 15.2. The molecule has 1 fully saturated rings. The third-order valence-electron chi connectivity index (χ3n) is 7.00. The minimum atomic E-state index is -3.64. The molecule has 4 aromatic heterocycles. The van der Waals surface area contributed by atoms with Crippen molar-refractivity contribution < 1.29 is 8.42 Å². The number of nitrogens with zero attached hydrogens (tertiary/aromatic N) is 9. The van der Waals surface area contributed by atoms with Crippen LogP contribution < -0.4 is 10.6 Å². The maximum Gasteiger partial charge on any atom is 0.262 e. The average Bonchev–Trinajstić information content (AvgIpc) is 3.62. The number of rotatable bonds is 8. The molecule has 13 nitrogen and oxygen atoms in total. The monoisotopic (exact) mass is 589 g/mol. The van der Waals surface area contributed by atoms with Crippen LogP contribution in [0.4, 0.5) is 5.95 Å². The maximum atomic E-state index is 12.9. The predicted octanol–water partition coefficient (Wildman–Crippen LogP) is 2.79. The SMILES string of the molecule is Cc1nc(CNC(C)(C)C)ccc1-n1cc(-c2nc(NC3CCN(S(=O)(=O)c4cn(C)cn4)CC3)ncc2C#N)cn1. The number of piperidine rings is 1. The zero-order valence-corrected chi connectivity index (χ0v) is 25.2. The molecule has 1 aliphatic rings. The van der Waals surface area contributed by atoms with Gasteiger partial charge in [0.2, 0.25) is 5.95 Å². The molecule has 0 bridgehead atoms. The van der Waals surface area contributed by atoms with Crippen LogP contribution >= 0.6 is 0 Å². The van der Waals surface area contributed by atoms with Gasteiger partial charge in [-0.25, -0.2) is 28.1 Å². The summed E-state index contributed by atoms with van der Waals surface area (Å²) in [6.45, 7) is 9.65. The number of hydrogen-bond donors (Lipinski definition) is 2. The van der Waals surface area contributed by atoms with E-state index in [4.69, 9.17) is 4.98 Å². The van der Waals surface area contributed by atoms with E-state index in [2.05, 4.69) is 57.5 Å². The minimum absolute atomic E-state index is 0.00704. The van der Waals surface area contributed by atoms with Gasteiger partial charge in [0, 0.05) is 56.2 Å². The number of aryl methyl sites for hydroxylation is 2. The second-order valence-electron chi connectivity index (χ2n) is 11.5. The van der Waals surface area contributed by atoms with Crippen LogP contribution in [-0.2, 0) is 23.6 Å². The Morgan fingerprint density at radius 3 is 2.50 bits per heavy atom. The fourth-order valence-corrected chi connectivity index (χ4v) is 6.15. The summed E-state index contributed by atoms with van der Waals surface area (Å²) in [6, 6.07) is 6.10. The smallest absolute Gasteiger partial charge is 0.262 e. The van der Waals surface area contributed by atoms with Gasteiger partial charge in [-0.2, -0.15) is 14.7 Å². The van der Waals surface area contributed by atoms with E-state index in [-0.39, 0.29) is 16.6 Å². The van der Waals surface area contributed by atoms with E-state index in [1.165, 1.54) is 23.0 Å². The fourth-order valence-electron chi connectivity index (χ4n) is 4.71. The Bertz CT molecular complexity index is 1720. The molecule has 0 unspecified atom stereocenters. The van der Waals surface area contributed by atoms with Gasteiger partial charge in [-0.15, -0.1) is 0 Å². The van der Waals surface area contributed by atoms with Crippen LogP contribution in [0.2, 0.25) is 0 Å². The number of imidazole rings is 1. The van der Waals surface area contributed by atoms with Crippen molar-refractivity contribution in [2.75, 3.05) is 18.4 Å². The number of nitriles is 1. The molecule has 220 valence electrons. The molecule has 5 rings (SSSR count). The molecule has 4 aromatic rings. The molecule has 0 aliphatic carbocycles. The van der Waals surface area contributed by atoms with Gasteiger partial charge in [-0.05, 0) is 52.7 Å². The summed E-state index contributed by atoms with van der Waals surface area (Å²) in [5.74, 6) is 0.372. The lowest BCUT2D eigenvalue weighted by Gasteiger charge is -2.31. The van der Waals surface area contributed by atoms with E-state index in [9.17, 15) is 13.7 Å². The van der Waals surface area contributed by atoms with Crippen molar-refractivity contribution in [1.82, 2.24) is 43.9 Å². The summed E-state index contributed by atoms with van der Waals surface area (Å²) in [5, 5.41) is 21.1. The molecule has 0 amide bonds. The first kappa shape index (κ1) is 29.3. The normalized spacial score (nSPS) is 15.0. The molecule has 5 heterocycles. The van der Waals surface area contributed by atoms with Gasteiger partial charge < -0.3 is 15.2 Å². The zero-order valence-electron chi connectivity index (χ0n) is 24.4. The molecule has 42 heavy (non-hydrogen) atoms. The molecule has 0 atom stereocenters. The highest BCUT2D eigenvalue weighted by Gasteiger charge is 2.31. The Labute approximate surface area is 245 Å². The van der Waals surface area contributed by atoms with E-state index in [0.717, 1.165) is 17.1 Å². The Kier molecular flexibility index (Phi) is 8.09.